The fourth-order valence-electron chi connectivity index (χ4n) is 3.68. The quantitative estimate of drug-likeness (QED) is 0.237. The summed E-state index contributed by atoms with van der Waals surface area (Å²) in [6.45, 7) is 1.96. The van der Waals surface area contributed by atoms with Crippen molar-refractivity contribution in [3.05, 3.63) is 59.7 Å². The van der Waals surface area contributed by atoms with Crippen LogP contribution in [0, 0.1) is 5.41 Å². The molecule has 0 aliphatic carbocycles. The fraction of sp³-hybridized carbons (Fsp3) is 0.423. The molecule has 196 valence electrons. The van der Waals surface area contributed by atoms with Crippen molar-refractivity contribution in [2.24, 2.45) is 5.41 Å². The fourth-order valence-corrected chi connectivity index (χ4v) is 3.68. The predicted molar refractivity (Wildman–Crippen MR) is 131 cm³/mol. The number of amides is 2. The minimum atomic E-state index is -2.10. The standard InChI is InChI=1S/C26H34N2O8/c1-5-22(31)36-23(19(30)16-29)26(2,24(32)27-14-17-10-6-8-12-20(17)34-3)25(33)28-15-18-11-7-9-13-21(18)35-4/h6-13,19,23,29-30H,5,14-16H2,1-4H3,(H,27,32)(H,28,33). The topological polar surface area (TPSA) is 143 Å². The molecule has 0 saturated carbocycles. The van der Waals surface area contributed by atoms with Crippen molar-refractivity contribution >= 4 is 17.8 Å². The summed E-state index contributed by atoms with van der Waals surface area (Å²) in [5.41, 5.74) is -0.804. The molecule has 2 amide bonds. The zero-order chi connectivity index (χ0) is 26.7. The number of carbonyl (C=O) groups is 3. The van der Waals surface area contributed by atoms with Crippen LogP contribution in [-0.4, -0.2) is 61.0 Å². The van der Waals surface area contributed by atoms with Crippen LogP contribution in [-0.2, 0) is 32.2 Å². The highest BCUT2D eigenvalue weighted by molar-refractivity contribution is 6.05. The number of methoxy groups -OCH3 is 2. The SMILES string of the molecule is CCC(=O)OC(C(O)CO)C(C)(C(=O)NCc1ccccc1OC)C(=O)NCc1ccccc1OC. The molecule has 2 rings (SSSR count). The first-order valence-corrected chi connectivity index (χ1v) is 11.5. The molecule has 0 aliphatic heterocycles. The third-order valence-electron chi connectivity index (χ3n) is 5.86. The Morgan fingerprint density at radius 3 is 1.72 bits per heavy atom. The molecular formula is C26H34N2O8. The summed E-state index contributed by atoms with van der Waals surface area (Å²) < 4.78 is 15.9. The van der Waals surface area contributed by atoms with E-state index in [1.165, 1.54) is 28.1 Å². The van der Waals surface area contributed by atoms with Gasteiger partial charge in [-0.15, -0.1) is 0 Å². The molecule has 0 spiro atoms. The minimum Gasteiger partial charge on any atom is -0.496 e. The molecule has 2 aromatic rings. The zero-order valence-electron chi connectivity index (χ0n) is 20.9. The number of benzene rings is 2. The Hall–Kier alpha value is -3.63. The van der Waals surface area contributed by atoms with Gasteiger partial charge in [-0.05, 0) is 19.1 Å². The van der Waals surface area contributed by atoms with Crippen LogP contribution in [0.2, 0.25) is 0 Å². The van der Waals surface area contributed by atoms with Gasteiger partial charge in [0.15, 0.2) is 11.5 Å². The second-order valence-corrected chi connectivity index (χ2v) is 8.21. The minimum absolute atomic E-state index is 0.00187. The van der Waals surface area contributed by atoms with Gasteiger partial charge >= 0.3 is 5.97 Å². The maximum absolute atomic E-state index is 13.5. The third-order valence-corrected chi connectivity index (χ3v) is 5.86. The van der Waals surface area contributed by atoms with Gasteiger partial charge in [-0.25, -0.2) is 0 Å². The van der Waals surface area contributed by atoms with E-state index in [1.54, 1.807) is 48.5 Å². The van der Waals surface area contributed by atoms with Crippen molar-refractivity contribution in [1.82, 2.24) is 10.6 Å². The van der Waals surface area contributed by atoms with Crippen molar-refractivity contribution < 1.29 is 38.8 Å². The van der Waals surface area contributed by atoms with E-state index in [0.717, 1.165) is 0 Å². The molecule has 0 heterocycles. The Kier molecular flexibility index (Phi) is 10.7. The molecule has 0 bridgehead atoms. The summed E-state index contributed by atoms with van der Waals surface area (Å²) in [7, 11) is 2.99. The van der Waals surface area contributed by atoms with Gasteiger partial charge in [0.1, 0.15) is 17.6 Å². The normalized spacial score (nSPS) is 12.7. The largest absolute Gasteiger partial charge is 0.496 e. The number of hydrogen-bond donors (Lipinski definition) is 4. The number of esters is 1. The Labute approximate surface area is 210 Å². The highest BCUT2D eigenvalue weighted by Crippen LogP contribution is 2.30. The molecule has 2 unspecified atom stereocenters. The van der Waals surface area contributed by atoms with Gasteiger partial charge in [0.2, 0.25) is 11.8 Å². The maximum atomic E-state index is 13.5. The molecule has 0 radical (unpaired) electrons. The first-order chi connectivity index (χ1) is 17.2. The number of aliphatic hydroxyl groups is 2. The lowest BCUT2D eigenvalue weighted by Gasteiger charge is -2.36. The van der Waals surface area contributed by atoms with Crippen LogP contribution in [0.3, 0.4) is 0 Å². The van der Waals surface area contributed by atoms with Crippen LogP contribution in [0.1, 0.15) is 31.4 Å². The molecule has 4 N–H and O–H groups in total. The summed E-state index contributed by atoms with van der Waals surface area (Å²) in [5.74, 6) is -1.30. The second-order valence-electron chi connectivity index (χ2n) is 8.21. The number of ether oxygens (including phenoxy) is 3. The molecule has 2 aromatic carbocycles. The van der Waals surface area contributed by atoms with Crippen molar-refractivity contribution in [3.8, 4) is 11.5 Å². The summed E-state index contributed by atoms with van der Waals surface area (Å²) >= 11 is 0. The predicted octanol–water partition coefficient (Wildman–Crippen LogP) is 1.32. The first-order valence-electron chi connectivity index (χ1n) is 11.5. The van der Waals surface area contributed by atoms with E-state index in [0.29, 0.717) is 22.6 Å². The number of aliphatic hydroxyl groups excluding tert-OH is 2. The van der Waals surface area contributed by atoms with E-state index < -0.39 is 42.0 Å². The second kappa shape index (κ2) is 13.5. The van der Waals surface area contributed by atoms with E-state index in [9.17, 15) is 24.6 Å². The molecule has 0 aromatic heterocycles. The van der Waals surface area contributed by atoms with E-state index in [2.05, 4.69) is 10.6 Å². The molecule has 2 atom stereocenters. The van der Waals surface area contributed by atoms with Crippen LogP contribution in [0.25, 0.3) is 0 Å². The molecule has 10 heteroatoms. The van der Waals surface area contributed by atoms with Crippen molar-refractivity contribution in [3.63, 3.8) is 0 Å². The Morgan fingerprint density at radius 1 is 0.889 bits per heavy atom. The maximum Gasteiger partial charge on any atom is 0.305 e. The summed E-state index contributed by atoms with van der Waals surface area (Å²) in [5, 5.41) is 25.5. The number of nitrogens with one attached hydrogen (secondary N) is 2. The van der Waals surface area contributed by atoms with Gasteiger partial charge in [-0.3, -0.25) is 14.4 Å². The van der Waals surface area contributed by atoms with Crippen LogP contribution in [0.5, 0.6) is 11.5 Å². The molecule has 0 aliphatic rings. The van der Waals surface area contributed by atoms with Crippen LogP contribution >= 0.6 is 0 Å². The van der Waals surface area contributed by atoms with Crippen LogP contribution in [0.15, 0.2) is 48.5 Å². The van der Waals surface area contributed by atoms with Crippen molar-refractivity contribution in [2.45, 2.75) is 45.6 Å². The Morgan fingerprint density at radius 2 is 1.33 bits per heavy atom. The number of rotatable bonds is 13. The molecule has 0 fully saturated rings. The van der Waals surface area contributed by atoms with Crippen molar-refractivity contribution in [2.75, 3.05) is 20.8 Å². The van der Waals surface area contributed by atoms with Crippen molar-refractivity contribution in [1.29, 1.82) is 0 Å². The lowest BCUT2D eigenvalue weighted by molar-refractivity contribution is -0.176. The van der Waals surface area contributed by atoms with Gasteiger partial charge in [0, 0.05) is 30.6 Å². The molecule has 36 heavy (non-hydrogen) atoms. The van der Waals surface area contributed by atoms with Gasteiger partial charge in [-0.1, -0.05) is 43.3 Å². The van der Waals surface area contributed by atoms with Crippen LogP contribution in [0.4, 0.5) is 0 Å². The summed E-state index contributed by atoms with van der Waals surface area (Å²) in [4.78, 5) is 39.2. The Balaban J connectivity index is 2.39. The molecule has 0 saturated heterocycles. The van der Waals surface area contributed by atoms with E-state index in [4.69, 9.17) is 14.2 Å². The number of para-hydroxylation sites is 2. The number of hydrogen-bond acceptors (Lipinski definition) is 8. The Bertz CT molecular complexity index is 979. The third kappa shape index (κ3) is 6.73. The van der Waals surface area contributed by atoms with E-state index in [-0.39, 0.29) is 19.5 Å². The highest BCUT2D eigenvalue weighted by atomic mass is 16.6. The smallest absolute Gasteiger partial charge is 0.305 e. The zero-order valence-corrected chi connectivity index (χ0v) is 20.9. The van der Waals surface area contributed by atoms with Crippen LogP contribution < -0.4 is 20.1 Å². The lowest BCUT2D eigenvalue weighted by Crippen LogP contribution is -2.60. The van der Waals surface area contributed by atoms with E-state index in [1.807, 2.05) is 0 Å². The van der Waals surface area contributed by atoms with Gasteiger partial charge < -0.3 is 35.1 Å². The van der Waals surface area contributed by atoms with E-state index >= 15 is 0 Å². The molecule has 10 nitrogen and oxygen atoms in total. The highest BCUT2D eigenvalue weighted by Gasteiger charge is 2.53. The first kappa shape index (κ1) is 28.6. The molecular weight excluding hydrogens is 468 g/mol. The summed E-state index contributed by atoms with van der Waals surface area (Å²) in [6, 6.07) is 14.0. The number of carbonyl (C=O) groups excluding carboxylic acids is 3. The lowest BCUT2D eigenvalue weighted by atomic mass is 9.79. The van der Waals surface area contributed by atoms with Gasteiger partial charge in [0.25, 0.3) is 0 Å². The van der Waals surface area contributed by atoms with Gasteiger partial charge in [-0.2, -0.15) is 0 Å². The van der Waals surface area contributed by atoms with Gasteiger partial charge in [0.05, 0.1) is 20.8 Å². The average Bonchev–Trinajstić information content (AvgIpc) is 2.92. The average molecular weight is 503 g/mol. The summed E-state index contributed by atoms with van der Waals surface area (Å²) in [6.07, 6.45) is -3.42. The monoisotopic (exact) mass is 502 g/mol.